The molecule has 1 aliphatic carbocycles. The summed E-state index contributed by atoms with van der Waals surface area (Å²) >= 11 is 0. The normalized spacial score (nSPS) is 17.9. The molecule has 0 saturated heterocycles. The van der Waals surface area contributed by atoms with Gasteiger partial charge in [0.05, 0.1) is 5.69 Å². The van der Waals surface area contributed by atoms with Crippen LogP contribution >= 0.6 is 0 Å². The Bertz CT molecular complexity index is 1020. The van der Waals surface area contributed by atoms with Crippen molar-refractivity contribution in [3.05, 3.63) is 41.2 Å². The fourth-order valence-electron chi connectivity index (χ4n) is 4.68. The monoisotopic (exact) mass is 415 g/mol. The number of rotatable bonds is 4. The molecule has 2 aliphatic rings. The van der Waals surface area contributed by atoms with Crippen LogP contribution in [0.2, 0.25) is 0 Å². The number of aromatic nitrogens is 2. The Morgan fingerprint density at radius 3 is 2.59 bits per heavy atom. The van der Waals surface area contributed by atoms with E-state index in [-0.39, 0.29) is 17.1 Å². The first-order valence-corrected chi connectivity index (χ1v) is 12.2. The van der Waals surface area contributed by atoms with Gasteiger partial charge in [0, 0.05) is 24.0 Å². The number of hydrogen-bond donors (Lipinski definition) is 0. The highest BCUT2D eigenvalue weighted by atomic mass is 32.2. The summed E-state index contributed by atoms with van der Waals surface area (Å²) in [5.74, 6) is -0.908. The number of benzene rings is 1. The molecule has 0 bridgehead atoms. The maximum Gasteiger partial charge on any atom is 0.242 e. The molecule has 0 atom stereocenters. The Kier molecular flexibility index (Phi) is 5.51. The van der Waals surface area contributed by atoms with Gasteiger partial charge in [-0.15, -0.1) is 0 Å². The number of aryl methyl sites for hydroxylation is 2. The van der Waals surface area contributed by atoms with Crippen LogP contribution in [-0.2, 0) is 21.1 Å². The molecule has 0 N–H and O–H groups in total. The molecule has 156 valence electrons. The van der Waals surface area contributed by atoms with Crippen LogP contribution < -0.4 is 4.90 Å². The number of hydrogen-bond acceptors (Lipinski definition) is 4. The minimum absolute atomic E-state index is 0.0676. The summed E-state index contributed by atoms with van der Waals surface area (Å²) in [6.45, 7) is 4.33. The SMILES string of the molecule is Cc1nc(S(=O)(=O)CC(=O)N2CCCc3ccccc32)n(C2CCCCC2)c1C. The number of imidazole rings is 1. The highest BCUT2D eigenvalue weighted by molar-refractivity contribution is 7.92. The smallest absolute Gasteiger partial charge is 0.242 e. The number of carbonyl (C=O) groups excluding carboxylic acids is 1. The van der Waals surface area contributed by atoms with E-state index >= 15 is 0 Å². The molecule has 1 aliphatic heterocycles. The van der Waals surface area contributed by atoms with Crippen LogP contribution in [0.25, 0.3) is 0 Å². The van der Waals surface area contributed by atoms with E-state index in [1.807, 2.05) is 42.7 Å². The van der Waals surface area contributed by atoms with Crippen LogP contribution in [0.1, 0.15) is 61.5 Å². The van der Waals surface area contributed by atoms with E-state index in [0.29, 0.717) is 6.54 Å². The Hall–Kier alpha value is -2.15. The highest BCUT2D eigenvalue weighted by Crippen LogP contribution is 2.33. The van der Waals surface area contributed by atoms with Crippen molar-refractivity contribution < 1.29 is 13.2 Å². The molecule has 2 heterocycles. The predicted octanol–water partition coefficient (Wildman–Crippen LogP) is 3.76. The summed E-state index contributed by atoms with van der Waals surface area (Å²) in [6, 6.07) is 7.90. The van der Waals surface area contributed by atoms with Gasteiger partial charge in [0.2, 0.25) is 20.9 Å². The van der Waals surface area contributed by atoms with E-state index in [1.54, 1.807) is 4.90 Å². The molecule has 29 heavy (non-hydrogen) atoms. The molecule has 6 nitrogen and oxygen atoms in total. The maximum absolute atomic E-state index is 13.3. The largest absolute Gasteiger partial charge is 0.316 e. The molecule has 1 amide bonds. The Morgan fingerprint density at radius 1 is 1.10 bits per heavy atom. The Labute approximate surface area is 172 Å². The molecular formula is C22H29N3O3S. The maximum atomic E-state index is 13.3. The van der Waals surface area contributed by atoms with Gasteiger partial charge in [-0.05, 0) is 51.2 Å². The Morgan fingerprint density at radius 2 is 1.83 bits per heavy atom. The van der Waals surface area contributed by atoms with E-state index in [0.717, 1.165) is 61.2 Å². The summed E-state index contributed by atoms with van der Waals surface area (Å²) in [5.41, 5.74) is 3.55. The number of fused-ring (bicyclic) bond motifs is 1. The first-order chi connectivity index (χ1) is 13.9. The van der Waals surface area contributed by atoms with Crippen molar-refractivity contribution >= 4 is 21.4 Å². The zero-order valence-corrected chi connectivity index (χ0v) is 18.0. The van der Waals surface area contributed by atoms with Crippen LogP contribution in [0.4, 0.5) is 5.69 Å². The molecule has 0 spiro atoms. The van der Waals surface area contributed by atoms with E-state index in [9.17, 15) is 13.2 Å². The molecule has 7 heteroatoms. The minimum Gasteiger partial charge on any atom is -0.316 e. The van der Waals surface area contributed by atoms with Gasteiger partial charge in [0.15, 0.2) is 0 Å². The quantitative estimate of drug-likeness (QED) is 0.762. The first kappa shape index (κ1) is 20.1. The van der Waals surface area contributed by atoms with Crippen LogP contribution in [0.3, 0.4) is 0 Å². The number of amides is 1. The van der Waals surface area contributed by atoms with E-state index in [4.69, 9.17) is 0 Å². The molecule has 0 unspecified atom stereocenters. The van der Waals surface area contributed by atoms with Crippen LogP contribution in [-0.4, -0.2) is 36.2 Å². The molecule has 1 aromatic carbocycles. The number of para-hydroxylation sites is 1. The third-order valence-electron chi connectivity index (χ3n) is 6.30. The lowest BCUT2D eigenvalue weighted by molar-refractivity contribution is -0.116. The zero-order valence-electron chi connectivity index (χ0n) is 17.2. The van der Waals surface area contributed by atoms with E-state index in [1.165, 1.54) is 6.42 Å². The molecule has 4 rings (SSSR count). The molecule has 2 aromatic rings. The van der Waals surface area contributed by atoms with Crippen LogP contribution in [0.15, 0.2) is 29.4 Å². The summed E-state index contributed by atoms with van der Waals surface area (Å²) in [4.78, 5) is 19.1. The average Bonchev–Trinajstić information content (AvgIpc) is 3.03. The van der Waals surface area contributed by atoms with Crippen molar-refractivity contribution in [2.75, 3.05) is 17.2 Å². The van der Waals surface area contributed by atoms with E-state index < -0.39 is 15.6 Å². The lowest BCUT2D eigenvalue weighted by atomic mass is 9.95. The predicted molar refractivity (Wildman–Crippen MR) is 113 cm³/mol. The molecule has 1 aromatic heterocycles. The number of nitrogens with zero attached hydrogens (tertiary/aromatic N) is 3. The fraction of sp³-hybridized carbons (Fsp3) is 0.545. The second kappa shape index (κ2) is 7.94. The van der Waals surface area contributed by atoms with Gasteiger partial charge >= 0.3 is 0 Å². The van der Waals surface area contributed by atoms with Crippen LogP contribution in [0.5, 0.6) is 0 Å². The number of sulfone groups is 1. The van der Waals surface area contributed by atoms with Gasteiger partial charge in [-0.1, -0.05) is 37.5 Å². The van der Waals surface area contributed by atoms with Gasteiger partial charge in [0.1, 0.15) is 5.75 Å². The number of anilines is 1. The summed E-state index contributed by atoms with van der Waals surface area (Å²) in [6.07, 6.45) is 7.08. The molecular weight excluding hydrogens is 386 g/mol. The third-order valence-corrected chi connectivity index (χ3v) is 7.77. The van der Waals surface area contributed by atoms with Crippen molar-refractivity contribution in [1.82, 2.24) is 9.55 Å². The Balaban J connectivity index is 1.63. The first-order valence-electron chi connectivity index (χ1n) is 10.5. The summed E-state index contributed by atoms with van der Waals surface area (Å²) in [7, 11) is -3.83. The van der Waals surface area contributed by atoms with Gasteiger partial charge in [0.25, 0.3) is 0 Å². The average molecular weight is 416 g/mol. The van der Waals surface area contributed by atoms with Crippen molar-refractivity contribution in [3.63, 3.8) is 0 Å². The van der Waals surface area contributed by atoms with Gasteiger partial charge < -0.3 is 9.47 Å². The van der Waals surface area contributed by atoms with Crippen molar-refractivity contribution in [2.45, 2.75) is 70.0 Å². The minimum atomic E-state index is -3.83. The van der Waals surface area contributed by atoms with Crippen LogP contribution in [0, 0.1) is 13.8 Å². The molecule has 1 saturated carbocycles. The van der Waals surface area contributed by atoms with Gasteiger partial charge in [-0.2, -0.15) is 0 Å². The molecule has 1 fully saturated rings. The second-order valence-corrected chi connectivity index (χ2v) is 10.1. The number of carbonyl (C=O) groups is 1. The van der Waals surface area contributed by atoms with Gasteiger partial charge in [-0.25, -0.2) is 13.4 Å². The highest BCUT2D eigenvalue weighted by Gasteiger charge is 2.33. The van der Waals surface area contributed by atoms with Crippen molar-refractivity contribution in [1.29, 1.82) is 0 Å². The second-order valence-electron chi connectivity index (χ2n) is 8.26. The van der Waals surface area contributed by atoms with E-state index in [2.05, 4.69) is 4.98 Å². The fourth-order valence-corrected chi connectivity index (χ4v) is 6.15. The standard InChI is InChI=1S/C22H29N3O3S/c1-16-17(2)25(19-11-4-3-5-12-19)22(23-16)29(27,28)15-21(26)24-14-8-10-18-9-6-7-13-20(18)24/h6-7,9,13,19H,3-5,8,10-12,14-15H2,1-2H3. The lowest BCUT2D eigenvalue weighted by Crippen LogP contribution is -2.39. The topological polar surface area (TPSA) is 72.3 Å². The molecule has 0 radical (unpaired) electrons. The zero-order chi connectivity index (χ0) is 20.6. The van der Waals surface area contributed by atoms with Crippen molar-refractivity contribution in [3.8, 4) is 0 Å². The lowest BCUT2D eigenvalue weighted by Gasteiger charge is -2.29. The van der Waals surface area contributed by atoms with Crippen molar-refractivity contribution in [2.24, 2.45) is 0 Å². The third kappa shape index (κ3) is 3.84. The summed E-state index contributed by atoms with van der Waals surface area (Å²) in [5, 5.41) is 0.0676. The van der Waals surface area contributed by atoms with Gasteiger partial charge in [-0.3, -0.25) is 4.79 Å². The summed E-state index contributed by atoms with van der Waals surface area (Å²) < 4.78 is 28.5.